The summed E-state index contributed by atoms with van der Waals surface area (Å²) >= 11 is 5.86. The number of fused-ring (bicyclic) bond motifs is 1. The van der Waals surface area contributed by atoms with E-state index >= 15 is 0 Å². The van der Waals surface area contributed by atoms with E-state index in [9.17, 15) is 9.18 Å². The van der Waals surface area contributed by atoms with Gasteiger partial charge in [-0.2, -0.15) is 10.2 Å². The number of rotatable bonds is 6. The Morgan fingerprint density at radius 2 is 1.91 bits per heavy atom. The molecule has 3 heterocycles. The van der Waals surface area contributed by atoms with Gasteiger partial charge in [-0.1, -0.05) is 23.7 Å². The second-order valence-electron chi connectivity index (χ2n) is 7.96. The molecule has 176 valence electrons. The van der Waals surface area contributed by atoms with Crippen LogP contribution in [0.15, 0.2) is 67.3 Å². The third-order valence-electron chi connectivity index (χ3n) is 5.52. The van der Waals surface area contributed by atoms with E-state index in [-0.39, 0.29) is 10.9 Å². The monoisotopic (exact) mass is 490 g/mol. The normalized spacial score (nSPS) is 12.0. The van der Waals surface area contributed by atoms with Crippen molar-refractivity contribution in [1.82, 2.24) is 34.8 Å². The fourth-order valence-corrected chi connectivity index (χ4v) is 3.81. The molecule has 0 aliphatic carbocycles. The molecule has 1 atom stereocenters. The molecule has 0 saturated heterocycles. The van der Waals surface area contributed by atoms with E-state index in [0.717, 1.165) is 11.2 Å². The zero-order valence-electron chi connectivity index (χ0n) is 18.8. The van der Waals surface area contributed by atoms with Crippen molar-refractivity contribution in [3.05, 3.63) is 94.8 Å². The Kier molecular flexibility index (Phi) is 5.87. The van der Waals surface area contributed by atoms with Gasteiger partial charge in [-0.05, 0) is 29.8 Å². The van der Waals surface area contributed by atoms with Crippen LogP contribution in [-0.2, 0) is 14.1 Å². The van der Waals surface area contributed by atoms with Gasteiger partial charge in [0.15, 0.2) is 0 Å². The molecule has 0 saturated carbocycles. The van der Waals surface area contributed by atoms with Gasteiger partial charge in [0.05, 0.1) is 29.0 Å². The first-order chi connectivity index (χ1) is 16.9. The molecule has 3 aromatic heterocycles. The molecule has 0 aliphatic heterocycles. The number of hydrogen-bond donors (Lipinski definition) is 2. The van der Waals surface area contributed by atoms with E-state index in [4.69, 9.17) is 11.6 Å². The van der Waals surface area contributed by atoms with Gasteiger partial charge in [-0.25, -0.2) is 14.4 Å². The van der Waals surface area contributed by atoms with Crippen molar-refractivity contribution in [2.24, 2.45) is 14.1 Å². The van der Waals surface area contributed by atoms with E-state index in [2.05, 4.69) is 30.8 Å². The molecule has 9 nitrogen and oxygen atoms in total. The van der Waals surface area contributed by atoms with Crippen LogP contribution in [0, 0.1) is 5.82 Å². The van der Waals surface area contributed by atoms with Crippen molar-refractivity contribution in [3.8, 4) is 0 Å². The molecule has 0 aliphatic rings. The molecule has 5 rings (SSSR count). The Balaban J connectivity index is 1.45. The molecule has 0 spiro atoms. The Labute approximate surface area is 204 Å². The lowest BCUT2D eigenvalue weighted by molar-refractivity contribution is 0.0943. The van der Waals surface area contributed by atoms with Crippen LogP contribution in [0.1, 0.15) is 27.5 Å². The summed E-state index contributed by atoms with van der Waals surface area (Å²) in [6, 6.07) is 10.8. The van der Waals surface area contributed by atoms with E-state index in [0.29, 0.717) is 28.2 Å². The highest BCUT2D eigenvalue weighted by atomic mass is 35.5. The van der Waals surface area contributed by atoms with Gasteiger partial charge in [-0.3, -0.25) is 14.2 Å². The summed E-state index contributed by atoms with van der Waals surface area (Å²) in [6.45, 7) is 0. The number of aromatic nitrogens is 6. The number of hydrogen-bond acceptors (Lipinski definition) is 6. The topological polar surface area (TPSA) is 103 Å². The lowest BCUT2D eigenvalue weighted by Crippen LogP contribution is -2.29. The number of nitrogens with one attached hydrogen (secondary N) is 2. The first-order valence-corrected chi connectivity index (χ1v) is 11.0. The fourth-order valence-electron chi connectivity index (χ4n) is 3.69. The van der Waals surface area contributed by atoms with E-state index in [1.807, 2.05) is 0 Å². The van der Waals surface area contributed by atoms with Crippen molar-refractivity contribution >= 4 is 40.2 Å². The summed E-state index contributed by atoms with van der Waals surface area (Å²) in [7, 11) is 3.57. The Morgan fingerprint density at radius 1 is 1.06 bits per heavy atom. The summed E-state index contributed by atoms with van der Waals surface area (Å²) < 4.78 is 17.5. The first-order valence-electron chi connectivity index (χ1n) is 10.6. The average Bonchev–Trinajstić information content (AvgIpc) is 3.46. The first kappa shape index (κ1) is 22.5. The number of carbonyl (C=O) groups excluding carboxylic acids is 1. The van der Waals surface area contributed by atoms with Gasteiger partial charge in [0.25, 0.3) is 5.91 Å². The Hall–Kier alpha value is -4.31. The van der Waals surface area contributed by atoms with E-state index in [1.54, 1.807) is 78.6 Å². The molecule has 1 unspecified atom stereocenters. The Morgan fingerprint density at radius 3 is 2.63 bits per heavy atom. The maximum atomic E-state index is 14.2. The third kappa shape index (κ3) is 4.69. The van der Waals surface area contributed by atoms with Crippen LogP contribution in [0.3, 0.4) is 0 Å². The quantitative estimate of drug-likeness (QED) is 0.370. The molecule has 2 aromatic carbocycles. The maximum Gasteiger partial charge on any atom is 0.252 e. The Bertz CT molecular complexity index is 1550. The number of amides is 1. The molecule has 2 N–H and O–H groups in total. The summed E-state index contributed by atoms with van der Waals surface area (Å²) in [5, 5.41) is 15.2. The largest absolute Gasteiger partial charge is 0.341 e. The minimum atomic E-state index is -0.633. The minimum Gasteiger partial charge on any atom is -0.341 e. The number of nitrogens with zero attached hydrogens (tertiary/aromatic N) is 6. The molecule has 0 radical (unpaired) electrons. The van der Waals surface area contributed by atoms with Crippen molar-refractivity contribution in [1.29, 1.82) is 0 Å². The molecule has 1 amide bonds. The van der Waals surface area contributed by atoms with E-state index < -0.39 is 11.9 Å². The summed E-state index contributed by atoms with van der Waals surface area (Å²) in [6.07, 6.45) is 6.73. The number of anilines is 2. The smallest absolute Gasteiger partial charge is 0.252 e. The highest BCUT2D eigenvalue weighted by Gasteiger charge is 2.21. The second kappa shape index (κ2) is 9.15. The molecular weight excluding hydrogens is 471 g/mol. The number of halogens is 2. The minimum absolute atomic E-state index is 0.00904. The number of benzene rings is 2. The van der Waals surface area contributed by atoms with Crippen LogP contribution in [0.2, 0.25) is 5.02 Å². The van der Waals surface area contributed by atoms with Crippen molar-refractivity contribution in [2.75, 3.05) is 5.32 Å². The van der Waals surface area contributed by atoms with Crippen molar-refractivity contribution in [2.45, 2.75) is 6.04 Å². The predicted octanol–water partition coefficient (Wildman–Crippen LogP) is 4.15. The van der Waals surface area contributed by atoms with Crippen LogP contribution in [0.4, 0.5) is 16.2 Å². The average molecular weight is 491 g/mol. The van der Waals surface area contributed by atoms with Crippen LogP contribution in [0.25, 0.3) is 10.9 Å². The van der Waals surface area contributed by atoms with Gasteiger partial charge in [-0.15, -0.1) is 0 Å². The summed E-state index contributed by atoms with van der Waals surface area (Å²) in [5.74, 6) is 0.190. The standard InChI is InChI=1S/C24H20ClFN8O/c1-33-13-17(12-29-33)22(14-5-6-18(25)19(26)9-14)32-23(35)15-3-4-16-11-27-24(30-20(16)10-15)31-21-7-8-28-34(21)2/h3-13,22H,1-2H3,(H,32,35)(H,27,30,31). The van der Waals surface area contributed by atoms with Crippen molar-refractivity contribution in [3.63, 3.8) is 0 Å². The fraction of sp³-hybridized carbons (Fsp3) is 0.125. The van der Waals surface area contributed by atoms with Gasteiger partial charge >= 0.3 is 0 Å². The lowest BCUT2D eigenvalue weighted by atomic mass is 10.0. The zero-order chi connectivity index (χ0) is 24.5. The van der Waals surface area contributed by atoms with Gasteiger partial charge in [0, 0.05) is 49.1 Å². The third-order valence-corrected chi connectivity index (χ3v) is 5.82. The van der Waals surface area contributed by atoms with Gasteiger partial charge < -0.3 is 10.6 Å². The highest BCUT2D eigenvalue weighted by Crippen LogP contribution is 2.26. The molecule has 5 aromatic rings. The molecule has 0 bridgehead atoms. The number of aryl methyl sites for hydroxylation is 2. The highest BCUT2D eigenvalue weighted by molar-refractivity contribution is 6.30. The van der Waals surface area contributed by atoms with Crippen LogP contribution in [0.5, 0.6) is 0 Å². The molecular formula is C24H20ClFN8O. The molecule has 11 heteroatoms. The SMILES string of the molecule is Cn1cc(C(NC(=O)c2ccc3cnc(Nc4ccnn4C)nc3c2)c2ccc(Cl)c(F)c2)cn1. The second-order valence-corrected chi connectivity index (χ2v) is 8.37. The van der Waals surface area contributed by atoms with Gasteiger partial charge in [0.2, 0.25) is 5.95 Å². The zero-order valence-corrected chi connectivity index (χ0v) is 19.5. The molecule has 35 heavy (non-hydrogen) atoms. The van der Waals surface area contributed by atoms with Crippen LogP contribution >= 0.6 is 11.6 Å². The predicted molar refractivity (Wildman–Crippen MR) is 130 cm³/mol. The van der Waals surface area contributed by atoms with Crippen molar-refractivity contribution < 1.29 is 9.18 Å². The van der Waals surface area contributed by atoms with Crippen LogP contribution in [-0.4, -0.2) is 35.4 Å². The summed E-state index contributed by atoms with van der Waals surface area (Å²) in [4.78, 5) is 22.1. The van der Waals surface area contributed by atoms with Crippen LogP contribution < -0.4 is 10.6 Å². The number of carbonyl (C=O) groups is 1. The molecule has 0 fully saturated rings. The van der Waals surface area contributed by atoms with E-state index in [1.165, 1.54) is 12.1 Å². The lowest BCUT2D eigenvalue weighted by Gasteiger charge is -2.19. The maximum absolute atomic E-state index is 14.2. The van der Waals surface area contributed by atoms with Gasteiger partial charge in [0.1, 0.15) is 11.6 Å². The summed E-state index contributed by atoms with van der Waals surface area (Å²) in [5.41, 5.74) is 2.23.